The quantitative estimate of drug-likeness (QED) is 0.812. The molecule has 128 valence electrons. The zero-order valence-electron chi connectivity index (χ0n) is 14.0. The maximum Gasteiger partial charge on any atom is 0.217 e. The predicted molar refractivity (Wildman–Crippen MR) is 96.9 cm³/mol. The van der Waals surface area contributed by atoms with Gasteiger partial charge in [-0.05, 0) is 37.0 Å². The Labute approximate surface area is 146 Å². The monoisotopic (exact) mass is 344 g/mol. The number of nitrogens with two attached hydrogens (primary N) is 1. The first kappa shape index (κ1) is 16.9. The molecule has 3 N–H and O–H groups in total. The second-order valence-electron chi connectivity index (χ2n) is 6.51. The van der Waals surface area contributed by atoms with Gasteiger partial charge in [-0.25, -0.2) is 0 Å². The van der Waals surface area contributed by atoms with Crippen LogP contribution in [0.2, 0.25) is 0 Å². The van der Waals surface area contributed by atoms with Crippen LogP contribution in [0.1, 0.15) is 66.6 Å². The number of nitrogen functional groups attached to an aromatic ring is 1. The Bertz CT molecular complexity index is 677. The zero-order valence-corrected chi connectivity index (χ0v) is 14.8. The van der Waals surface area contributed by atoms with Crippen LogP contribution in [0.15, 0.2) is 24.3 Å². The summed E-state index contributed by atoms with van der Waals surface area (Å²) in [4.78, 5) is 11.6. The maximum absolute atomic E-state index is 11.6. The highest BCUT2D eigenvalue weighted by Crippen LogP contribution is 2.35. The smallest absolute Gasteiger partial charge is 0.217 e. The van der Waals surface area contributed by atoms with Crippen LogP contribution in [0.4, 0.5) is 5.69 Å². The van der Waals surface area contributed by atoms with Crippen molar-refractivity contribution in [1.29, 1.82) is 0 Å². The fraction of sp³-hybridized carbons (Fsp3) is 0.500. The van der Waals surface area contributed by atoms with Crippen molar-refractivity contribution in [1.82, 2.24) is 15.5 Å². The molecule has 3 rings (SSSR count). The van der Waals surface area contributed by atoms with Crippen molar-refractivity contribution < 1.29 is 4.79 Å². The molecule has 1 saturated carbocycles. The van der Waals surface area contributed by atoms with Crippen molar-refractivity contribution in [3.8, 4) is 0 Å². The van der Waals surface area contributed by atoms with Crippen LogP contribution in [-0.4, -0.2) is 16.1 Å². The molecule has 24 heavy (non-hydrogen) atoms. The van der Waals surface area contributed by atoms with Crippen molar-refractivity contribution >= 4 is 22.9 Å². The normalized spacial score (nSPS) is 16.7. The van der Waals surface area contributed by atoms with Crippen molar-refractivity contribution in [2.45, 2.75) is 57.4 Å². The largest absolute Gasteiger partial charge is 0.399 e. The number of hydrogen-bond acceptors (Lipinski definition) is 5. The molecular weight excluding hydrogens is 320 g/mol. The van der Waals surface area contributed by atoms with E-state index in [1.807, 2.05) is 24.3 Å². The molecule has 0 aliphatic heterocycles. The third kappa shape index (κ3) is 4.32. The second-order valence-corrected chi connectivity index (χ2v) is 7.55. The number of amides is 1. The van der Waals surface area contributed by atoms with E-state index < -0.39 is 0 Å². The minimum absolute atomic E-state index is 0.0511. The summed E-state index contributed by atoms with van der Waals surface area (Å²) in [5, 5.41) is 13.8. The van der Waals surface area contributed by atoms with Gasteiger partial charge in [-0.15, -0.1) is 10.2 Å². The maximum atomic E-state index is 11.6. The highest BCUT2D eigenvalue weighted by molar-refractivity contribution is 7.11. The number of nitrogens with one attached hydrogen (secondary N) is 1. The van der Waals surface area contributed by atoms with E-state index in [2.05, 4.69) is 15.5 Å². The summed E-state index contributed by atoms with van der Waals surface area (Å²) in [6.45, 7) is 1.54. The molecule has 1 unspecified atom stereocenters. The van der Waals surface area contributed by atoms with Crippen molar-refractivity contribution in [2.24, 2.45) is 0 Å². The Hall–Kier alpha value is -1.95. The zero-order chi connectivity index (χ0) is 16.9. The van der Waals surface area contributed by atoms with Crippen LogP contribution >= 0.6 is 11.3 Å². The number of rotatable bonds is 5. The Morgan fingerprint density at radius 1 is 1.25 bits per heavy atom. The van der Waals surface area contributed by atoms with Gasteiger partial charge in [0, 0.05) is 18.5 Å². The summed E-state index contributed by atoms with van der Waals surface area (Å²) < 4.78 is 0. The van der Waals surface area contributed by atoms with Crippen LogP contribution in [0.3, 0.4) is 0 Å². The van der Waals surface area contributed by atoms with Crippen molar-refractivity contribution in [2.75, 3.05) is 5.73 Å². The van der Waals surface area contributed by atoms with Crippen LogP contribution in [-0.2, 0) is 11.2 Å². The second kappa shape index (κ2) is 7.75. The van der Waals surface area contributed by atoms with E-state index in [0.717, 1.165) is 21.3 Å². The lowest BCUT2D eigenvalue weighted by Gasteiger charge is -2.18. The fourth-order valence-electron chi connectivity index (χ4n) is 3.24. The first-order chi connectivity index (χ1) is 11.6. The first-order valence-corrected chi connectivity index (χ1v) is 9.38. The molecule has 1 amide bonds. The van der Waals surface area contributed by atoms with E-state index in [0.29, 0.717) is 12.3 Å². The molecule has 0 saturated heterocycles. The molecule has 1 aromatic heterocycles. The number of carbonyl (C=O) groups is 1. The SMILES string of the molecule is CC(=O)NC(Cc1ccc(N)cc1)c1nnc(C2CCCCC2)s1. The van der Waals surface area contributed by atoms with Gasteiger partial charge in [-0.3, -0.25) is 4.79 Å². The third-order valence-corrected chi connectivity index (χ3v) is 5.71. The average Bonchev–Trinajstić information content (AvgIpc) is 3.07. The van der Waals surface area contributed by atoms with Gasteiger partial charge in [0.05, 0.1) is 6.04 Å². The van der Waals surface area contributed by atoms with E-state index in [4.69, 9.17) is 5.73 Å². The summed E-state index contributed by atoms with van der Waals surface area (Å²) in [6.07, 6.45) is 6.99. The molecule has 2 aromatic rings. The minimum Gasteiger partial charge on any atom is -0.399 e. The number of anilines is 1. The summed E-state index contributed by atoms with van der Waals surface area (Å²) in [7, 11) is 0. The molecule has 1 fully saturated rings. The minimum atomic E-state index is -0.138. The number of hydrogen-bond donors (Lipinski definition) is 2. The molecule has 0 spiro atoms. The molecular formula is C18H24N4OS. The first-order valence-electron chi connectivity index (χ1n) is 8.56. The molecule has 1 aromatic carbocycles. The fourth-order valence-corrected chi connectivity index (χ4v) is 4.30. The lowest BCUT2D eigenvalue weighted by Crippen LogP contribution is -2.27. The van der Waals surface area contributed by atoms with Gasteiger partial charge in [0.1, 0.15) is 10.0 Å². The van der Waals surface area contributed by atoms with E-state index in [-0.39, 0.29) is 11.9 Å². The standard InChI is InChI=1S/C18H24N4OS/c1-12(23)20-16(11-13-7-9-15(19)10-8-13)18-22-21-17(24-18)14-5-3-2-4-6-14/h7-10,14,16H,2-6,11,19H2,1H3,(H,20,23). The Morgan fingerprint density at radius 2 is 1.96 bits per heavy atom. The summed E-state index contributed by atoms with van der Waals surface area (Å²) in [5.74, 6) is 0.490. The van der Waals surface area contributed by atoms with Crippen LogP contribution in [0.5, 0.6) is 0 Å². The number of nitrogens with zero attached hydrogens (tertiary/aromatic N) is 2. The van der Waals surface area contributed by atoms with Crippen molar-refractivity contribution in [3.05, 3.63) is 39.8 Å². The third-order valence-electron chi connectivity index (χ3n) is 4.51. The highest BCUT2D eigenvalue weighted by Gasteiger charge is 2.23. The molecule has 1 aliphatic carbocycles. The Balaban J connectivity index is 1.76. The summed E-state index contributed by atoms with van der Waals surface area (Å²) >= 11 is 1.65. The Morgan fingerprint density at radius 3 is 2.62 bits per heavy atom. The predicted octanol–water partition coefficient (Wildman–Crippen LogP) is 3.59. The van der Waals surface area contributed by atoms with Gasteiger partial charge in [-0.2, -0.15) is 0 Å². The summed E-state index contributed by atoms with van der Waals surface area (Å²) in [6, 6.07) is 7.61. The van der Waals surface area contributed by atoms with Gasteiger partial charge in [0.15, 0.2) is 0 Å². The molecule has 1 heterocycles. The van der Waals surface area contributed by atoms with E-state index in [1.54, 1.807) is 18.3 Å². The van der Waals surface area contributed by atoms with E-state index in [1.165, 1.54) is 32.1 Å². The van der Waals surface area contributed by atoms with E-state index in [9.17, 15) is 4.79 Å². The van der Waals surface area contributed by atoms with Gasteiger partial charge in [0.25, 0.3) is 0 Å². The highest BCUT2D eigenvalue weighted by atomic mass is 32.1. The topological polar surface area (TPSA) is 80.9 Å². The van der Waals surface area contributed by atoms with Gasteiger partial charge in [0.2, 0.25) is 5.91 Å². The molecule has 1 aliphatic rings. The molecule has 0 bridgehead atoms. The summed E-state index contributed by atoms with van der Waals surface area (Å²) in [5.41, 5.74) is 7.61. The van der Waals surface area contributed by atoms with Crippen molar-refractivity contribution in [3.63, 3.8) is 0 Å². The molecule has 6 heteroatoms. The Kier molecular flexibility index (Phi) is 5.45. The lowest BCUT2D eigenvalue weighted by molar-refractivity contribution is -0.119. The number of benzene rings is 1. The number of carbonyl (C=O) groups excluding carboxylic acids is 1. The molecule has 0 radical (unpaired) electrons. The molecule has 1 atom stereocenters. The van der Waals surface area contributed by atoms with E-state index >= 15 is 0 Å². The number of aromatic nitrogens is 2. The average molecular weight is 344 g/mol. The lowest BCUT2D eigenvalue weighted by atomic mass is 9.90. The van der Waals surface area contributed by atoms with Crippen LogP contribution < -0.4 is 11.1 Å². The van der Waals surface area contributed by atoms with Crippen LogP contribution in [0.25, 0.3) is 0 Å². The van der Waals surface area contributed by atoms with Gasteiger partial charge >= 0.3 is 0 Å². The van der Waals surface area contributed by atoms with Gasteiger partial charge in [-0.1, -0.05) is 42.7 Å². The van der Waals surface area contributed by atoms with Crippen LogP contribution in [0, 0.1) is 0 Å². The molecule has 5 nitrogen and oxygen atoms in total. The van der Waals surface area contributed by atoms with Gasteiger partial charge < -0.3 is 11.1 Å².